The van der Waals surface area contributed by atoms with Crippen molar-refractivity contribution in [3.8, 4) is 0 Å². The van der Waals surface area contributed by atoms with Crippen LogP contribution >= 0.6 is 27.7 Å². The molecule has 0 aliphatic heterocycles. The number of hydrogen-bond acceptors (Lipinski definition) is 3. The minimum atomic E-state index is -0.946. The molecule has 0 heterocycles. The number of carbonyl (C=O) groups is 1. The number of halogens is 1. The van der Waals surface area contributed by atoms with Crippen molar-refractivity contribution in [2.24, 2.45) is 5.73 Å². The van der Waals surface area contributed by atoms with Crippen LogP contribution in [0, 0.1) is 0 Å². The molecule has 0 saturated carbocycles. The number of hydrogen-bond donors (Lipinski definition) is 2. The Bertz CT molecular complexity index is 329. The molecule has 0 amide bonds. The van der Waals surface area contributed by atoms with Crippen molar-refractivity contribution in [1.29, 1.82) is 0 Å². The Morgan fingerprint density at radius 1 is 1.47 bits per heavy atom. The molecule has 0 spiro atoms. The van der Waals surface area contributed by atoms with E-state index in [4.69, 9.17) is 10.8 Å². The van der Waals surface area contributed by atoms with Gasteiger partial charge >= 0.3 is 5.97 Å². The Morgan fingerprint density at radius 2 is 2.07 bits per heavy atom. The quantitative estimate of drug-likeness (QED) is 0.871. The maximum Gasteiger partial charge on any atom is 0.321 e. The number of thioether (sulfide) groups is 1. The molecule has 3 N–H and O–H groups in total. The summed E-state index contributed by atoms with van der Waals surface area (Å²) in [6.07, 6.45) is 0. The molecule has 0 saturated heterocycles. The molecule has 0 fully saturated rings. The second-order valence-electron chi connectivity index (χ2n) is 3.09. The lowest BCUT2D eigenvalue weighted by atomic mass is 10.2. The maximum atomic E-state index is 10.4. The van der Waals surface area contributed by atoms with E-state index in [-0.39, 0.29) is 0 Å². The number of benzene rings is 1. The van der Waals surface area contributed by atoms with Gasteiger partial charge in [0.2, 0.25) is 0 Å². The molecule has 0 aliphatic carbocycles. The minimum Gasteiger partial charge on any atom is -0.480 e. The average molecular weight is 290 g/mol. The first-order valence-corrected chi connectivity index (χ1v) is 6.35. The molecule has 1 aromatic rings. The van der Waals surface area contributed by atoms with Crippen LogP contribution in [-0.2, 0) is 10.5 Å². The highest BCUT2D eigenvalue weighted by Crippen LogP contribution is 2.16. The number of aliphatic carboxylic acids is 1. The van der Waals surface area contributed by atoms with Gasteiger partial charge in [-0.3, -0.25) is 4.79 Å². The lowest BCUT2D eigenvalue weighted by Crippen LogP contribution is -2.32. The van der Waals surface area contributed by atoms with Gasteiger partial charge in [-0.25, -0.2) is 0 Å². The molecule has 1 rings (SSSR count). The first-order valence-electron chi connectivity index (χ1n) is 4.40. The summed E-state index contributed by atoms with van der Waals surface area (Å²) in [4.78, 5) is 10.4. The van der Waals surface area contributed by atoms with E-state index in [0.717, 1.165) is 10.2 Å². The van der Waals surface area contributed by atoms with Crippen LogP contribution in [0.2, 0.25) is 0 Å². The fourth-order valence-electron chi connectivity index (χ4n) is 0.956. The molecule has 1 aromatic carbocycles. The monoisotopic (exact) mass is 289 g/mol. The largest absolute Gasteiger partial charge is 0.480 e. The number of nitrogens with two attached hydrogens (primary N) is 1. The first kappa shape index (κ1) is 12.5. The average Bonchev–Trinajstić information content (AvgIpc) is 2.20. The van der Waals surface area contributed by atoms with Crippen molar-refractivity contribution in [2.75, 3.05) is 5.75 Å². The summed E-state index contributed by atoms with van der Waals surface area (Å²) >= 11 is 4.88. The third-order valence-electron chi connectivity index (χ3n) is 1.80. The lowest BCUT2D eigenvalue weighted by molar-refractivity contribution is -0.137. The Hall–Kier alpha value is -0.520. The predicted octanol–water partition coefficient (Wildman–Crippen LogP) is 2.09. The molecule has 3 nitrogen and oxygen atoms in total. The van der Waals surface area contributed by atoms with Gasteiger partial charge in [-0.2, -0.15) is 11.8 Å². The van der Waals surface area contributed by atoms with E-state index < -0.39 is 12.0 Å². The molecule has 1 unspecified atom stereocenters. The lowest BCUT2D eigenvalue weighted by Gasteiger charge is -2.05. The van der Waals surface area contributed by atoms with E-state index in [9.17, 15) is 4.79 Å². The molecule has 0 bridgehead atoms. The zero-order valence-electron chi connectivity index (χ0n) is 8.02. The second-order valence-corrected chi connectivity index (χ2v) is 5.03. The Kier molecular flexibility index (Phi) is 5.14. The van der Waals surface area contributed by atoms with Crippen LogP contribution in [0.4, 0.5) is 0 Å². The second kappa shape index (κ2) is 6.15. The third-order valence-corrected chi connectivity index (χ3v) is 3.46. The summed E-state index contributed by atoms with van der Waals surface area (Å²) in [5.41, 5.74) is 6.54. The van der Waals surface area contributed by atoms with Gasteiger partial charge in [-0.1, -0.05) is 28.1 Å². The zero-order chi connectivity index (χ0) is 11.3. The highest BCUT2D eigenvalue weighted by atomic mass is 79.9. The third kappa shape index (κ3) is 4.68. The predicted molar refractivity (Wildman–Crippen MR) is 65.9 cm³/mol. The fourth-order valence-corrected chi connectivity index (χ4v) is 2.16. The van der Waals surface area contributed by atoms with E-state index in [1.165, 1.54) is 17.3 Å². The van der Waals surface area contributed by atoms with Gasteiger partial charge in [0.1, 0.15) is 6.04 Å². The van der Waals surface area contributed by atoms with Gasteiger partial charge in [0.05, 0.1) is 0 Å². The SMILES string of the molecule is NC(CSCc1ccc(Br)cc1)C(=O)O. The van der Waals surface area contributed by atoms with Crippen molar-refractivity contribution in [2.45, 2.75) is 11.8 Å². The molecule has 0 aromatic heterocycles. The topological polar surface area (TPSA) is 63.3 Å². The Morgan fingerprint density at radius 3 is 2.60 bits per heavy atom. The first-order chi connectivity index (χ1) is 7.09. The van der Waals surface area contributed by atoms with Crippen molar-refractivity contribution >= 4 is 33.7 Å². The normalized spacial score (nSPS) is 12.4. The van der Waals surface area contributed by atoms with E-state index in [1.54, 1.807) is 0 Å². The summed E-state index contributed by atoms with van der Waals surface area (Å²) in [5.74, 6) is 0.276. The van der Waals surface area contributed by atoms with E-state index >= 15 is 0 Å². The van der Waals surface area contributed by atoms with Gasteiger partial charge in [-0.15, -0.1) is 0 Å². The summed E-state index contributed by atoms with van der Waals surface area (Å²) in [5, 5.41) is 8.57. The van der Waals surface area contributed by atoms with E-state index in [0.29, 0.717) is 5.75 Å². The van der Waals surface area contributed by atoms with Gasteiger partial charge in [0.15, 0.2) is 0 Å². The number of rotatable bonds is 5. The summed E-state index contributed by atoms with van der Waals surface area (Å²) < 4.78 is 1.04. The molecule has 15 heavy (non-hydrogen) atoms. The van der Waals surface area contributed by atoms with Gasteiger partial charge in [0, 0.05) is 16.0 Å². The molecule has 1 atom stereocenters. The van der Waals surface area contributed by atoms with Crippen LogP contribution in [0.15, 0.2) is 28.7 Å². The molecule has 0 radical (unpaired) electrons. The van der Waals surface area contributed by atoms with Gasteiger partial charge in [0.25, 0.3) is 0 Å². The van der Waals surface area contributed by atoms with E-state index in [1.807, 2.05) is 24.3 Å². The van der Waals surface area contributed by atoms with Crippen molar-refractivity contribution in [3.63, 3.8) is 0 Å². The van der Waals surface area contributed by atoms with Crippen LogP contribution in [0.3, 0.4) is 0 Å². The zero-order valence-corrected chi connectivity index (χ0v) is 10.4. The van der Waals surface area contributed by atoms with Crippen LogP contribution < -0.4 is 5.73 Å². The Balaban J connectivity index is 2.32. The summed E-state index contributed by atoms with van der Waals surface area (Å²) in [7, 11) is 0. The minimum absolute atomic E-state index is 0.436. The van der Waals surface area contributed by atoms with Gasteiger partial charge in [-0.05, 0) is 17.7 Å². The number of carboxylic acids is 1. The van der Waals surface area contributed by atoms with E-state index in [2.05, 4.69) is 15.9 Å². The fraction of sp³-hybridized carbons (Fsp3) is 0.300. The van der Waals surface area contributed by atoms with Crippen LogP contribution in [0.1, 0.15) is 5.56 Å². The van der Waals surface area contributed by atoms with Crippen molar-refractivity contribution < 1.29 is 9.90 Å². The molecular formula is C10H12BrNO2S. The van der Waals surface area contributed by atoms with Crippen LogP contribution in [0.25, 0.3) is 0 Å². The van der Waals surface area contributed by atoms with Crippen LogP contribution in [-0.4, -0.2) is 22.9 Å². The Labute approximate surface area is 101 Å². The maximum absolute atomic E-state index is 10.4. The van der Waals surface area contributed by atoms with Crippen molar-refractivity contribution in [3.05, 3.63) is 34.3 Å². The molecule has 5 heteroatoms. The molecule has 82 valence electrons. The highest BCUT2D eigenvalue weighted by molar-refractivity contribution is 9.10. The summed E-state index contributed by atoms with van der Waals surface area (Å²) in [6.45, 7) is 0. The highest BCUT2D eigenvalue weighted by Gasteiger charge is 2.10. The van der Waals surface area contributed by atoms with Gasteiger partial charge < -0.3 is 10.8 Å². The number of carboxylic acid groups (broad SMARTS) is 1. The van der Waals surface area contributed by atoms with Crippen molar-refractivity contribution in [1.82, 2.24) is 0 Å². The van der Waals surface area contributed by atoms with Crippen LogP contribution in [0.5, 0.6) is 0 Å². The molecular weight excluding hydrogens is 278 g/mol. The standard InChI is InChI=1S/C10H12BrNO2S/c11-8-3-1-7(2-4-8)5-15-6-9(12)10(13)14/h1-4,9H,5-6,12H2,(H,13,14). The summed E-state index contributed by atoms with van der Waals surface area (Å²) in [6, 6.07) is 7.16. The molecule has 0 aliphatic rings. The smallest absolute Gasteiger partial charge is 0.321 e.